The predicted molar refractivity (Wildman–Crippen MR) is 108 cm³/mol. The Bertz CT molecular complexity index is 857. The highest BCUT2D eigenvalue weighted by Crippen LogP contribution is 2.30. The summed E-state index contributed by atoms with van der Waals surface area (Å²) in [5.74, 6) is 0.311. The summed E-state index contributed by atoms with van der Waals surface area (Å²) < 4.78 is 5.50. The van der Waals surface area contributed by atoms with Crippen molar-refractivity contribution in [3.8, 4) is 10.4 Å². The van der Waals surface area contributed by atoms with Gasteiger partial charge < -0.3 is 10.1 Å². The molecule has 0 aliphatic carbocycles. The molecule has 0 bridgehead atoms. The van der Waals surface area contributed by atoms with E-state index in [0.29, 0.717) is 11.5 Å². The van der Waals surface area contributed by atoms with Crippen LogP contribution in [-0.2, 0) is 4.74 Å². The monoisotopic (exact) mass is 378 g/mol. The average molecular weight is 378 g/mol. The molecule has 1 aromatic carbocycles. The van der Waals surface area contributed by atoms with E-state index < -0.39 is 0 Å². The zero-order chi connectivity index (χ0) is 18.5. The molecule has 1 unspecified atom stereocenters. The Morgan fingerprint density at radius 1 is 1.11 bits per heavy atom. The van der Waals surface area contributed by atoms with Gasteiger partial charge in [0.25, 0.3) is 5.91 Å². The van der Waals surface area contributed by atoms with Gasteiger partial charge in [-0.3, -0.25) is 9.78 Å². The number of pyridine rings is 1. The minimum Gasteiger partial charge on any atom is -0.381 e. The van der Waals surface area contributed by atoms with Crippen LogP contribution in [0.25, 0.3) is 10.4 Å². The molecule has 3 heterocycles. The number of amides is 1. The molecule has 0 saturated carbocycles. The normalized spacial score (nSPS) is 16.0. The van der Waals surface area contributed by atoms with Crippen LogP contribution in [0.3, 0.4) is 0 Å². The van der Waals surface area contributed by atoms with E-state index in [1.165, 1.54) is 4.88 Å². The van der Waals surface area contributed by atoms with Gasteiger partial charge in [0.2, 0.25) is 0 Å². The fourth-order valence-corrected chi connectivity index (χ4v) is 4.27. The summed E-state index contributed by atoms with van der Waals surface area (Å²) in [6.45, 7) is 1.49. The maximum atomic E-state index is 12.9. The highest BCUT2D eigenvalue weighted by atomic mass is 32.1. The van der Waals surface area contributed by atoms with E-state index in [1.807, 2.05) is 48.7 Å². The Hall–Kier alpha value is -2.50. The summed E-state index contributed by atoms with van der Waals surface area (Å²) in [6, 6.07) is 15.8. The number of benzene rings is 1. The zero-order valence-electron chi connectivity index (χ0n) is 15.0. The molecule has 3 aromatic rings. The van der Waals surface area contributed by atoms with Crippen molar-refractivity contribution in [2.75, 3.05) is 13.2 Å². The predicted octanol–water partition coefficient (Wildman–Crippen LogP) is 4.71. The van der Waals surface area contributed by atoms with Crippen molar-refractivity contribution in [1.29, 1.82) is 0 Å². The van der Waals surface area contributed by atoms with Crippen molar-refractivity contribution >= 4 is 17.2 Å². The van der Waals surface area contributed by atoms with Crippen LogP contribution in [0.1, 0.15) is 34.8 Å². The average Bonchev–Trinajstić information content (AvgIpc) is 3.28. The molecule has 138 valence electrons. The van der Waals surface area contributed by atoms with Crippen molar-refractivity contribution in [2.24, 2.45) is 5.92 Å². The van der Waals surface area contributed by atoms with Gasteiger partial charge in [-0.1, -0.05) is 24.3 Å². The first-order valence-electron chi connectivity index (χ1n) is 9.24. The number of nitrogens with one attached hydrogen (secondary N) is 1. The van der Waals surface area contributed by atoms with Crippen molar-refractivity contribution in [2.45, 2.75) is 18.9 Å². The van der Waals surface area contributed by atoms with E-state index in [2.05, 4.69) is 21.7 Å². The third kappa shape index (κ3) is 4.26. The van der Waals surface area contributed by atoms with E-state index in [-0.39, 0.29) is 11.9 Å². The molecule has 1 fully saturated rings. The molecule has 1 amide bonds. The molecular formula is C22H22N2O2S. The summed E-state index contributed by atoms with van der Waals surface area (Å²) in [4.78, 5) is 18.4. The topological polar surface area (TPSA) is 51.2 Å². The smallest absolute Gasteiger partial charge is 0.251 e. The van der Waals surface area contributed by atoms with Crippen LogP contribution in [0.2, 0.25) is 0 Å². The summed E-state index contributed by atoms with van der Waals surface area (Å²) >= 11 is 1.70. The highest BCUT2D eigenvalue weighted by Gasteiger charge is 2.27. The van der Waals surface area contributed by atoms with Crippen molar-refractivity contribution < 1.29 is 9.53 Å². The minimum atomic E-state index is -0.0490. The number of nitrogens with zero attached hydrogens (tertiary/aromatic N) is 1. The second kappa shape index (κ2) is 8.46. The molecule has 1 atom stereocenters. The maximum Gasteiger partial charge on any atom is 0.251 e. The van der Waals surface area contributed by atoms with Gasteiger partial charge in [0, 0.05) is 36.0 Å². The first-order chi connectivity index (χ1) is 13.3. The number of thiophene rings is 1. The molecule has 1 aliphatic rings. The second-order valence-electron chi connectivity index (χ2n) is 6.74. The van der Waals surface area contributed by atoms with Gasteiger partial charge in [-0.25, -0.2) is 0 Å². The number of ether oxygens (including phenoxy) is 1. The van der Waals surface area contributed by atoms with E-state index in [1.54, 1.807) is 17.5 Å². The van der Waals surface area contributed by atoms with E-state index in [4.69, 9.17) is 4.74 Å². The largest absolute Gasteiger partial charge is 0.381 e. The molecule has 4 rings (SSSR count). The van der Waals surface area contributed by atoms with Crippen LogP contribution in [0.5, 0.6) is 0 Å². The van der Waals surface area contributed by atoms with Gasteiger partial charge in [-0.05, 0) is 59.5 Å². The first kappa shape index (κ1) is 17.9. The third-order valence-electron chi connectivity index (χ3n) is 5.02. The van der Waals surface area contributed by atoms with E-state index >= 15 is 0 Å². The molecule has 27 heavy (non-hydrogen) atoms. The van der Waals surface area contributed by atoms with E-state index in [9.17, 15) is 4.79 Å². The zero-order valence-corrected chi connectivity index (χ0v) is 15.8. The SMILES string of the molecule is O=C(NC(c1cccnc1)C1CCOCC1)c1ccc(-c2cccs2)cc1. The van der Waals surface area contributed by atoms with Crippen molar-refractivity contribution in [3.05, 3.63) is 77.4 Å². The molecule has 4 nitrogen and oxygen atoms in total. The number of carbonyl (C=O) groups excluding carboxylic acids is 1. The first-order valence-corrected chi connectivity index (χ1v) is 10.1. The number of hydrogen-bond acceptors (Lipinski definition) is 4. The lowest BCUT2D eigenvalue weighted by atomic mass is 9.87. The number of hydrogen-bond donors (Lipinski definition) is 1. The summed E-state index contributed by atoms with van der Waals surface area (Å²) in [5, 5.41) is 5.30. The Kier molecular flexibility index (Phi) is 5.61. The van der Waals surface area contributed by atoms with Gasteiger partial charge in [0.05, 0.1) is 6.04 Å². The van der Waals surface area contributed by atoms with E-state index in [0.717, 1.165) is 37.2 Å². The van der Waals surface area contributed by atoms with Crippen LogP contribution in [-0.4, -0.2) is 24.1 Å². The molecule has 1 saturated heterocycles. The molecular weight excluding hydrogens is 356 g/mol. The number of rotatable bonds is 5. The highest BCUT2D eigenvalue weighted by molar-refractivity contribution is 7.13. The lowest BCUT2D eigenvalue weighted by Crippen LogP contribution is -2.36. The Balaban J connectivity index is 1.52. The Labute approximate surface area is 163 Å². The fraction of sp³-hybridized carbons (Fsp3) is 0.273. The molecule has 0 radical (unpaired) electrons. The van der Waals surface area contributed by atoms with Gasteiger partial charge in [-0.2, -0.15) is 0 Å². The van der Waals surface area contributed by atoms with Gasteiger partial charge in [-0.15, -0.1) is 11.3 Å². The number of carbonyl (C=O) groups is 1. The van der Waals surface area contributed by atoms with Gasteiger partial charge in [0.15, 0.2) is 0 Å². The van der Waals surface area contributed by atoms with Crippen molar-refractivity contribution in [3.63, 3.8) is 0 Å². The lowest BCUT2D eigenvalue weighted by Gasteiger charge is -2.31. The second-order valence-corrected chi connectivity index (χ2v) is 7.69. The number of aromatic nitrogens is 1. The third-order valence-corrected chi connectivity index (χ3v) is 5.94. The minimum absolute atomic E-state index is 0.0481. The van der Waals surface area contributed by atoms with Crippen LogP contribution in [0.4, 0.5) is 0 Å². The molecule has 5 heteroatoms. The molecule has 1 aliphatic heterocycles. The standard InChI is InChI=1S/C22H22N2O2S/c25-22(18-7-5-16(6-8-18)20-4-2-14-27-20)24-21(17-9-12-26-13-10-17)19-3-1-11-23-15-19/h1-8,11,14-15,17,21H,9-10,12-13H2,(H,24,25). The molecule has 2 aromatic heterocycles. The summed E-state index contributed by atoms with van der Waals surface area (Å²) in [5.41, 5.74) is 2.86. The lowest BCUT2D eigenvalue weighted by molar-refractivity contribution is 0.0513. The quantitative estimate of drug-likeness (QED) is 0.700. The Morgan fingerprint density at radius 3 is 2.59 bits per heavy atom. The molecule has 1 N–H and O–H groups in total. The Morgan fingerprint density at radius 2 is 1.93 bits per heavy atom. The van der Waals surface area contributed by atoms with Crippen LogP contribution < -0.4 is 5.32 Å². The fourth-order valence-electron chi connectivity index (χ4n) is 3.54. The van der Waals surface area contributed by atoms with Crippen LogP contribution in [0.15, 0.2) is 66.3 Å². The van der Waals surface area contributed by atoms with Crippen LogP contribution in [0, 0.1) is 5.92 Å². The van der Waals surface area contributed by atoms with Crippen LogP contribution >= 0.6 is 11.3 Å². The van der Waals surface area contributed by atoms with Gasteiger partial charge in [0.1, 0.15) is 0 Å². The summed E-state index contributed by atoms with van der Waals surface area (Å²) in [7, 11) is 0. The van der Waals surface area contributed by atoms with Crippen molar-refractivity contribution in [1.82, 2.24) is 10.3 Å². The summed E-state index contributed by atoms with van der Waals surface area (Å²) in [6.07, 6.45) is 5.49. The van der Waals surface area contributed by atoms with Gasteiger partial charge >= 0.3 is 0 Å². The maximum absolute atomic E-state index is 12.9. The molecule has 0 spiro atoms.